The summed E-state index contributed by atoms with van der Waals surface area (Å²) in [5.41, 5.74) is 0.604. The van der Waals surface area contributed by atoms with Gasteiger partial charge in [-0.05, 0) is 43.9 Å². The maximum absolute atomic E-state index is 12.7. The summed E-state index contributed by atoms with van der Waals surface area (Å²) in [6.07, 6.45) is 5.98. The van der Waals surface area contributed by atoms with Crippen LogP contribution in [0.3, 0.4) is 0 Å². The molecule has 1 aromatic heterocycles. The van der Waals surface area contributed by atoms with Crippen molar-refractivity contribution in [3.8, 4) is 0 Å². The number of carbonyl (C=O) groups is 1. The van der Waals surface area contributed by atoms with Gasteiger partial charge < -0.3 is 5.32 Å². The molecular formula is C18H23N3O4S2. The molecule has 1 amide bonds. The number of aromatic nitrogens is 1. The summed E-state index contributed by atoms with van der Waals surface area (Å²) in [7, 11) is -3.52. The Kier molecular flexibility index (Phi) is 5.09. The van der Waals surface area contributed by atoms with Gasteiger partial charge in [0.1, 0.15) is 6.54 Å². The van der Waals surface area contributed by atoms with E-state index in [9.17, 15) is 18.0 Å². The molecule has 27 heavy (non-hydrogen) atoms. The summed E-state index contributed by atoms with van der Waals surface area (Å²) in [4.78, 5) is 24.6. The van der Waals surface area contributed by atoms with Crippen molar-refractivity contribution in [2.45, 2.75) is 56.0 Å². The molecule has 1 saturated heterocycles. The molecule has 0 radical (unpaired) electrons. The summed E-state index contributed by atoms with van der Waals surface area (Å²) in [6.45, 7) is 1.05. The van der Waals surface area contributed by atoms with Crippen molar-refractivity contribution in [3.63, 3.8) is 0 Å². The van der Waals surface area contributed by atoms with E-state index in [1.54, 1.807) is 12.1 Å². The van der Waals surface area contributed by atoms with Crippen LogP contribution in [0, 0.1) is 0 Å². The number of hydrogen-bond acceptors (Lipinski definition) is 5. The van der Waals surface area contributed by atoms with Crippen molar-refractivity contribution < 1.29 is 13.2 Å². The third-order valence-corrected chi connectivity index (χ3v) is 8.20. The molecule has 2 fully saturated rings. The highest BCUT2D eigenvalue weighted by molar-refractivity contribution is 7.89. The van der Waals surface area contributed by atoms with Crippen LogP contribution in [-0.2, 0) is 21.4 Å². The third kappa shape index (κ3) is 3.68. The lowest BCUT2D eigenvalue weighted by Crippen LogP contribution is -2.36. The van der Waals surface area contributed by atoms with Gasteiger partial charge in [0.05, 0.1) is 15.1 Å². The average Bonchev–Trinajstić information content (AvgIpc) is 3.37. The van der Waals surface area contributed by atoms with E-state index >= 15 is 0 Å². The van der Waals surface area contributed by atoms with Gasteiger partial charge in [-0.2, -0.15) is 4.31 Å². The van der Waals surface area contributed by atoms with Gasteiger partial charge in [0, 0.05) is 19.1 Å². The zero-order valence-electron chi connectivity index (χ0n) is 15.0. The molecule has 1 aliphatic carbocycles. The summed E-state index contributed by atoms with van der Waals surface area (Å²) >= 11 is 0.981. The van der Waals surface area contributed by atoms with Crippen molar-refractivity contribution in [2.75, 3.05) is 13.1 Å². The number of rotatable bonds is 5. The van der Waals surface area contributed by atoms with Crippen molar-refractivity contribution in [1.29, 1.82) is 0 Å². The van der Waals surface area contributed by atoms with Crippen LogP contribution in [-0.4, -0.2) is 42.3 Å². The highest BCUT2D eigenvalue weighted by Gasteiger charge is 2.28. The predicted molar refractivity (Wildman–Crippen MR) is 104 cm³/mol. The second-order valence-electron chi connectivity index (χ2n) is 7.24. The van der Waals surface area contributed by atoms with Gasteiger partial charge in [-0.15, -0.1) is 0 Å². The molecule has 2 aliphatic rings. The molecule has 7 nitrogen and oxygen atoms in total. The van der Waals surface area contributed by atoms with Crippen molar-refractivity contribution >= 4 is 37.5 Å². The lowest BCUT2D eigenvalue weighted by Gasteiger charge is -2.15. The van der Waals surface area contributed by atoms with Crippen LogP contribution in [0.4, 0.5) is 0 Å². The molecule has 1 aromatic carbocycles. The van der Waals surface area contributed by atoms with Crippen molar-refractivity contribution in [1.82, 2.24) is 14.2 Å². The van der Waals surface area contributed by atoms with Crippen LogP contribution in [0.25, 0.3) is 10.2 Å². The maximum atomic E-state index is 12.7. The molecule has 9 heteroatoms. The molecule has 0 unspecified atom stereocenters. The molecule has 0 bridgehead atoms. The molecule has 146 valence electrons. The number of carbonyl (C=O) groups excluding carboxylic acids is 1. The Balaban J connectivity index is 1.59. The highest BCUT2D eigenvalue weighted by Crippen LogP contribution is 2.26. The largest absolute Gasteiger partial charge is 0.352 e. The first-order valence-electron chi connectivity index (χ1n) is 9.38. The van der Waals surface area contributed by atoms with E-state index in [1.165, 1.54) is 14.9 Å². The van der Waals surface area contributed by atoms with Gasteiger partial charge in [-0.3, -0.25) is 14.2 Å². The second-order valence-corrected chi connectivity index (χ2v) is 10.2. The number of thiazole rings is 1. The smallest absolute Gasteiger partial charge is 0.308 e. The quantitative estimate of drug-likeness (QED) is 0.817. The Hall–Kier alpha value is -1.71. The standard InChI is InChI=1S/C18H23N3O4S2/c22-17(19-13-5-1-2-6-13)12-21-15-8-7-14(11-16(15)26-18(21)23)27(24,25)20-9-3-4-10-20/h7-8,11,13H,1-6,9-10,12H2,(H,19,22). The van der Waals surface area contributed by atoms with E-state index in [1.807, 2.05) is 0 Å². The molecule has 1 N–H and O–H groups in total. The van der Waals surface area contributed by atoms with Crippen LogP contribution >= 0.6 is 11.3 Å². The number of fused-ring (bicyclic) bond motifs is 1. The van der Waals surface area contributed by atoms with Crippen molar-refractivity contribution in [2.24, 2.45) is 0 Å². The van der Waals surface area contributed by atoms with E-state index in [0.717, 1.165) is 49.9 Å². The van der Waals surface area contributed by atoms with Crippen molar-refractivity contribution in [3.05, 3.63) is 27.9 Å². The Bertz CT molecular complexity index is 1010. The second kappa shape index (κ2) is 7.37. The first-order valence-corrected chi connectivity index (χ1v) is 11.6. The summed E-state index contributed by atoms with van der Waals surface area (Å²) in [5.74, 6) is -0.169. The molecule has 0 spiro atoms. The van der Waals surface area contributed by atoms with Gasteiger partial charge in [-0.1, -0.05) is 24.2 Å². The normalized spacial score (nSPS) is 19.1. The number of amides is 1. The topological polar surface area (TPSA) is 88.5 Å². The zero-order chi connectivity index (χ0) is 19.0. The Morgan fingerprint density at radius 1 is 1.15 bits per heavy atom. The SMILES string of the molecule is O=C(Cn1c(=O)sc2cc(S(=O)(=O)N3CCCC3)ccc21)NC1CCCC1. The molecule has 2 heterocycles. The number of sulfonamides is 1. The first kappa shape index (κ1) is 18.6. The van der Waals surface area contributed by atoms with E-state index in [2.05, 4.69) is 5.32 Å². The lowest BCUT2D eigenvalue weighted by molar-refractivity contribution is -0.122. The Labute approximate surface area is 162 Å². The molecule has 2 aromatic rings. The Morgan fingerprint density at radius 2 is 1.85 bits per heavy atom. The molecular weight excluding hydrogens is 386 g/mol. The highest BCUT2D eigenvalue weighted by atomic mass is 32.2. The summed E-state index contributed by atoms with van der Waals surface area (Å²) in [6, 6.07) is 4.93. The fraction of sp³-hybridized carbons (Fsp3) is 0.556. The number of hydrogen-bond donors (Lipinski definition) is 1. The van der Waals surface area contributed by atoms with E-state index in [-0.39, 0.29) is 28.3 Å². The molecule has 1 saturated carbocycles. The number of benzene rings is 1. The lowest BCUT2D eigenvalue weighted by atomic mass is 10.2. The number of nitrogens with zero attached hydrogens (tertiary/aromatic N) is 2. The first-order chi connectivity index (χ1) is 12.9. The van der Waals surface area contributed by atoms with Crippen LogP contribution in [0.5, 0.6) is 0 Å². The minimum absolute atomic E-state index is 0.0342. The Morgan fingerprint density at radius 3 is 2.56 bits per heavy atom. The maximum Gasteiger partial charge on any atom is 0.308 e. The van der Waals surface area contributed by atoms with Gasteiger partial charge in [0.25, 0.3) is 0 Å². The summed E-state index contributed by atoms with van der Waals surface area (Å²) in [5, 5.41) is 2.99. The molecule has 0 atom stereocenters. The zero-order valence-corrected chi connectivity index (χ0v) is 16.7. The van der Waals surface area contributed by atoms with Gasteiger partial charge in [0.2, 0.25) is 15.9 Å². The van der Waals surface area contributed by atoms with Gasteiger partial charge in [0.15, 0.2) is 0 Å². The fourth-order valence-electron chi connectivity index (χ4n) is 3.92. The van der Waals surface area contributed by atoms with Crippen LogP contribution < -0.4 is 10.2 Å². The fourth-order valence-corrected chi connectivity index (χ4v) is 6.47. The van der Waals surface area contributed by atoms with Crippen LogP contribution in [0.15, 0.2) is 27.9 Å². The third-order valence-electron chi connectivity index (χ3n) is 5.36. The average molecular weight is 410 g/mol. The van der Waals surface area contributed by atoms with E-state index in [0.29, 0.717) is 23.3 Å². The van der Waals surface area contributed by atoms with Crippen LogP contribution in [0.2, 0.25) is 0 Å². The van der Waals surface area contributed by atoms with Crippen LogP contribution in [0.1, 0.15) is 38.5 Å². The molecule has 4 rings (SSSR count). The minimum Gasteiger partial charge on any atom is -0.352 e. The molecule has 1 aliphatic heterocycles. The van der Waals surface area contributed by atoms with E-state index < -0.39 is 10.0 Å². The summed E-state index contributed by atoms with van der Waals surface area (Å²) < 4.78 is 29.0. The van der Waals surface area contributed by atoms with Gasteiger partial charge in [-0.25, -0.2) is 8.42 Å². The number of nitrogens with one attached hydrogen (secondary N) is 1. The van der Waals surface area contributed by atoms with Gasteiger partial charge >= 0.3 is 4.87 Å². The minimum atomic E-state index is -3.52. The van der Waals surface area contributed by atoms with E-state index in [4.69, 9.17) is 0 Å². The predicted octanol–water partition coefficient (Wildman–Crippen LogP) is 1.91. The monoisotopic (exact) mass is 409 g/mol.